The van der Waals surface area contributed by atoms with Gasteiger partial charge in [0, 0.05) is 20.8 Å². The van der Waals surface area contributed by atoms with Gasteiger partial charge < -0.3 is 214 Å². The van der Waals surface area contributed by atoms with Crippen molar-refractivity contribution in [3.63, 3.8) is 0 Å². The highest BCUT2D eigenvalue weighted by molar-refractivity contribution is 7.80. The molecular formula is C60H101N3O47S. The van der Waals surface area contributed by atoms with Crippen LogP contribution in [-0.4, -0.2) is 471 Å². The van der Waals surface area contributed by atoms with Crippen molar-refractivity contribution in [2.24, 2.45) is 0 Å². The quantitative estimate of drug-likeness (QED) is 0.0324. The smallest absolute Gasteiger partial charge is 0.394 e. The van der Waals surface area contributed by atoms with Crippen LogP contribution < -0.4 is 16.0 Å². The van der Waals surface area contributed by atoms with Crippen molar-refractivity contribution in [2.45, 2.75) is 311 Å². The molecule has 0 spiro atoms. The fourth-order valence-electron chi connectivity index (χ4n) is 14.0. The molecule has 9 heterocycles. The summed E-state index contributed by atoms with van der Waals surface area (Å²) < 4.78 is 140. The second kappa shape index (κ2) is 39.0. The van der Waals surface area contributed by atoms with Crippen LogP contribution in [0, 0.1) is 0 Å². The summed E-state index contributed by atoms with van der Waals surface area (Å²) in [5.74, 6) is -2.90. The van der Waals surface area contributed by atoms with E-state index in [0.29, 0.717) is 0 Å². The first kappa shape index (κ1) is 91.6. The van der Waals surface area contributed by atoms with Gasteiger partial charge in [-0.05, 0) is 13.8 Å². The third-order valence-electron chi connectivity index (χ3n) is 20.1. The highest BCUT2D eigenvalue weighted by Gasteiger charge is 2.61. The van der Waals surface area contributed by atoms with E-state index in [1.807, 2.05) is 0 Å². The normalized spacial score (nSPS) is 49.5. The number of carbonyl (C=O) groups is 3. The van der Waals surface area contributed by atoms with Crippen molar-refractivity contribution in [2.75, 3.05) is 46.2 Å². The van der Waals surface area contributed by atoms with E-state index < -0.39 is 351 Å². The number of aliphatic hydroxyl groups is 23. The van der Waals surface area contributed by atoms with Crippen LogP contribution in [-0.2, 0) is 109 Å². The predicted molar refractivity (Wildman–Crippen MR) is 339 cm³/mol. The molecule has 9 aliphatic rings. The Morgan fingerprint density at radius 2 is 0.640 bits per heavy atom. The minimum absolute atomic E-state index is 0.833. The van der Waals surface area contributed by atoms with Crippen molar-refractivity contribution in [1.82, 2.24) is 16.0 Å². The second-order valence-corrected chi connectivity index (χ2v) is 29.1. The van der Waals surface area contributed by atoms with Crippen LogP contribution in [0.1, 0.15) is 34.6 Å². The predicted octanol–water partition coefficient (Wildman–Crippen LogP) is -18.3. The molecule has 0 aromatic rings. The van der Waals surface area contributed by atoms with Gasteiger partial charge in [-0.1, -0.05) is 0 Å². The highest BCUT2D eigenvalue weighted by atomic mass is 32.3. The summed E-state index contributed by atoms with van der Waals surface area (Å²) in [7, 11) is -5.59. The van der Waals surface area contributed by atoms with E-state index in [9.17, 15) is 145 Å². The van der Waals surface area contributed by atoms with Crippen LogP contribution >= 0.6 is 0 Å². The molecule has 644 valence electrons. The molecule has 9 saturated heterocycles. The number of hydrogen-bond donors (Lipinski definition) is 27. The minimum atomic E-state index is -5.59. The summed E-state index contributed by atoms with van der Waals surface area (Å²) in [5, 5.41) is 262. The zero-order valence-electron chi connectivity index (χ0n) is 59.5. The molecule has 9 fully saturated rings. The van der Waals surface area contributed by atoms with E-state index in [2.05, 4.69) is 20.1 Å². The van der Waals surface area contributed by atoms with Gasteiger partial charge in [0.05, 0.1) is 58.5 Å². The molecule has 27 N–H and O–H groups in total. The summed E-state index contributed by atoms with van der Waals surface area (Å²) in [5.41, 5.74) is 0. The zero-order valence-corrected chi connectivity index (χ0v) is 60.3. The van der Waals surface area contributed by atoms with Gasteiger partial charge in [0.1, 0.15) is 207 Å². The molecular weight excluding hydrogens is 1550 g/mol. The number of nitrogens with one attached hydrogen (secondary N) is 3. The number of rotatable bonds is 28. The van der Waals surface area contributed by atoms with Crippen LogP contribution in [0.5, 0.6) is 0 Å². The van der Waals surface area contributed by atoms with Crippen molar-refractivity contribution in [3.05, 3.63) is 0 Å². The Morgan fingerprint density at radius 1 is 0.297 bits per heavy atom. The summed E-state index contributed by atoms with van der Waals surface area (Å²) in [4.78, 5) is 39.0. The van der Waals surface area contributed by atoms with Gasteiger partial charge in [0.25, 0.3) is 0 Å². The largest absolute Gasteiger partial charge is 0.397 e. The maximum Gasteiger partial charge on any atom is 0.397 e. The first-order chi connectivity index (χ1) is 52.1. The molecule has 45 atom stereocenters. The monoisotopic (exact) mass is 1650 g/mol. The van der Waals surface area contributed by atoms with Gasteiger partial charge in [0.15, 0.2) is 56.6 Å². The molecule has 0 saturated carbocycles. The maximum atomic E-state index is 13.5. The van der Waals surface area contributed by atoms with Crippen LogP contribution in [0.25, 0.3) is 0 Å². The fourth-order valence-corrected chi connectivity index (χ4v) is 14.3. The SMILES string of the molecule is CC(=O)N[C@@H]1[C@@H](O)[C@H](O[C@@H]2O[C@H](CO)[C@@H](O[C@@H]3O[C@H](CO[C@H]4O[C@H](CO)[C@@H](O)[C@H](O)[C@@H]4O)[C@@H](O)[C@H](O[C@H]4O[C@H](CO)[C@@H](O)[C@H](O)[C@@H]4O[C@@H]4O[C@H](COS(=O)(=O)O)[C@@H](O[C@@H]5O[C@H](CO)[C@H](O)[C@H](O)[C@H]5O)[C@H](O[C@@H]5O[C@@H](C)[C@@H](O)[C@@H](O)[C@@H]5O)[C@H]4NC(C)=O)[C@@H]3O)[C@H](O)[C@H]2NC(C)=O)[C@@H](CO[C@@H]2O[C@@H](C)[C@@H](O)[C@@H](O)[C@@H]2O)O[C@H]1O. The fraction of sp³-hybridized carbons (Fsp3) is 0.950. The summed E-state index contributed by atoms with van der Waals surface area (Å²) in [6.45, 7) is -2.70. The van der Waals surface area contributed by atoms with Crippen LogP contribution in [0.3, 0.4) is 0 Å². The first-order valence-corrected chi connectivity index (χ1v) is 36.4. The third-order valence-corrected chi connectivity index (χ3v) is 20.5. The van der Waals surface area contributed by atoms with Gasteiger partial charge in [0.2, 0.25) is 17.7 Å². The van der Waals surface area contributed by atoms with Gasteiger partial charge >= 0.3 is 10.4 Å². The lowest BCUT2D eigenvalue weighted by atomic mass is 9.93. The average Bonchev–Trinajstić information content (AvgIpc) is 0.737. The zero-order chi connectivity index (χ0) is 82.0. The lowest BCUT2D eigenvalue weighted by Crippen LogP contribution is -2.71. The Labute approximate surface area is 629 Å². The minimum Gasteiger partial charge on any atom is -0.394 e. The number of carbonyl (C=O) groups excluding carboxylic acids is 3. The van der Waals surface area contributed by atoms with E-state index in [0.717, 1.165) is 20.8 Å². The molecule has 0 aromatic carbocycles. The Kier molecular flexibility index (Phi) is 32.2. The number of hydrogen-bond acceptors (Lipinski definition) is 46. The average molecular weight is 1650 g/mol. The molecule has 0 unspecified atom stereocenters. The topological polar surface area (TPSA) is 773 Å². The second-order valence-electron chi connectivity index (χ2n) is 28.0. The first-order valence-electron chi connectivity index (χ1n) is 35.0. The lowest BCUT2D eigenvalue weighted by molar-refractivity contribution is -0.402. The summed E-state index contributed by atoms with van der Waals surface area (Å²) >= 11 is 0. The highest BCUT2D eigenvalue weighted by Crippen LogP contribution is 2.40. The van der Waals surface area contributed by atoms with Crippen molar-refractivity contribution in [3.8, 4) is 0 Å². The van der Waals surface area contributed by atoms with E-state index >= 15 is 0 Å². The van der Waals surface area contributed by atoms with Crippen molar-refractivity contribution < 1.29 is 230 Å². The Morgan fingerprint density at radius 3 is 1.17 bits per heavy atom. The molecule has 0 aliphatic carbocycles. The molecule has 111 heavy (non-hydrogen) atoms. The molecule has 3 amide bonds. The van der Waals surface area contributed by atoms with Crippen molar-refractivity contribution in [1.29, 1.82) is 0 Å². The van der Waals surface area contributed by atoms with E-state index in [4.69, 9.17) is 80.5 Å². The van der Waals surface area contributed by atoms with E-state index in [1.54, 1.807) is 0 Å². The molecule has 9 aliphatic heterocycles. The van der Waals surface area contributed by atoms with Gasteiger partial charge in [-0.25, -0.2) is 4.18 Å². The van der Waals surface area contributed by atoms with Crippen LogP contribution in [0.15, 0.2) is 0 Å². The van der Waals surface area contributed by atoms with Crippen LogP contribution in [0.4, 0.5) is 0 Å². The molecule has 0 bridgehead atoms. The van der Waals surface area contributed by atoms with Gasteiger partial charge in [-0.3, -0.25) is 18.9 Å². The van der Waals surface area contributed by atoms with E-state index in [1.165, 1.54) is 13.8 Å². The Hall–Kier alpha value is -3.32. The number of ether oxygens (including phenoxy) is 17. The van der Waals surface area contributed by atoms with Crippen molar-refractivity contribution >= 4 is 28.1 Å². The third kappa shape index (κ3) is 20.9. The molecule has 51 heteroatoms. The van der Waals surface area contributed by atoms with Gasteiger partial charge in [-0.2, -0.15) is 8.42 Å². The Bertz CT molecular complexity index is 3080. The number of aliphatic hydroxyl groups excluding tert-OH is 23. The van der Waals surface area contributed by atoms with Crippen LogP contribution in [0.2, 0.25) is 0 Å². The van der Waals surface area contributed by atoms with Gasteiger partial charge in [-0.15, -0.1) is 0 Å². The number of amides is 3. The molecule has 9 rings (SSSR count). The molecule has 50 nitrogen and oxygen atoms in total. The Balaban J connectivity index is 1.07. The molecule has 0 aromatic heterocycles. The summed E-state index contributed by atoms with van der Waals surface area (Å²) in [6, 6.07) is -5.91. The summed E-state index contributed by atoms with van der Waals surface area (Å²) in [6.07, 6.45) is -88.2. The van der Waals surface area contributed by atoms with E-state index in [-0.39, 0.29) is 0 Å². The molecule has 0 radical (unpaired) electrons. The maximum absolute atomic E-state index is 13.5. The standard InChI is InChI=1S/C60H101N3O47S/c1-13-28(71)36(79)41(84)55(96-13)94-11-23-47(34(77)25(52(89)98-23)61-15(3)68)105-53-26(62-16(4)69)35(78)46(21(9-67)102-53)106-59-45(88)50(33(76)22(103-59)10-93-56-42(85)38(81)30(73)18(6-64)99-56)109-60-51(40(83)32(75)20(8-66)101-60)110-54-27(63-17(5)70)49(108-57-43(86)37(80)29(72)14(2)97-57)48(24(104-54)12-95-111(90,91)92)107-58-44(87)39(82)31(74)19(7-65)100-58/h13-14,18-60,64-67,71-89H,6-12H2,1-5H3,(H,61,68)(H,62,69)(H,63,70)(H,90,91,92)/t13-,14-,18+,19+,20+,21+,22+,23+,24+,25+,26+,27+,28+,29+,30+,31-,32+,33+,34+,35+,36+,37+,38-,39-,40-,41-,42-,43-,44+,45-,46+,47+,48+,49+,50-,51-,52+,53-,54-,55+,56-,57-,58-,59-,60+/m0/s1. The lowest BCUT2D eigenvalue weighted by Gasteiger charge is -2.52.